The summed E-state index contributed by atoms with van der Waals surface area (Å²) in [7, 11) is 0. The van der Waals surface area contributed by atoms with Gasteiger partial charge in [-0.2, -0.15) is 0 Å². The van der Waals surface area contributed by atoms with Gasteiger partial charge < -0.3 is 10.2 Å². The van der Waals surface area contributed by atoms with Crippen molar-refractivity contribution in [3.63, 3.8) is 0 Å². The van der Waals surface area contributed by atoms with E-state index in [2.05, 4.69) is 55.3 Å². The van der Waals surface area contributed by atoms with Crippen molar-refractivity contribution in [1.29, 1.82) is 0 Å². The van der Waals surface area contributed by atoms with Gasteiger partial charge in [-0.25, -0.2) is 0 Å². The monoisotopic (exact) mass is 260 g/mol. The molecule has 1 aliphatic heterocycles. The molecule has 0 bridgehead atoms. The molecule has 0 aliphatic carbocycles. The Morgan fingerprint density at radius 3 is 2.74 bits per heavy atom. The molecule has 0 amide bonds. The zero-order chi connectivity index (χ0) is 13.7. The van der Waals surface area contributed by atoms with Crippen LogP contribution in [0, 0.1) is 12.3 Å². The van der Waals surface area contributed by atoms with E-state index in [0.717, 1.165) is 13.1 Å². The number of nitrogens with one attached hydrogen (secondary N) is 1. The molecule has 1 aromatic carbocycles. The Morgan fingerprint density at radius 2 is 1.95 bits per heavy atom. The third-order valence-electron chi connectivity index (χ3n) is 4.32. The summed E-state index contributed by atoms with van der Waals surface area (Å²) >= 11 is 0. The fourth-order valence-electron chi connectivity index (χ4n) is 2.82. The lowest BCUT2D eigenvalue weighted by atomic mass is 9.85. The molecule has 0 spiro atoms. The van der Waals surface area contributed by atoms with Gasteiger partial charge in [0.1, 0.15) is 0 Å². The quantitative estimate of drug-likeness (QED) is 0.882. The lowest BCUT2D eigenvalue weighted by Crippen LogP contribution is -2.30. The number of benzene rings is 1. The van der Waals surface area contributed by atoms with Crippen molar-refractivity contribution in [3.05, 3.63) is 29.8 Å². The minimum Gasteiger partial charge on any atom is -0.384 e. The Kier molecular flexibility index (Phi) is 4.87. The number of para-hydroxylation sites is 1. The van der Waals surface area contributed by atoms with Crippen LogP contribution in [0.3, 0.4) is 0 Å². The summed E-state index contributed by atoms with van der Waals surface area (Å²) in [4.78, 5) is 2.61. The fourth-order valence-corrected chi connectivity index (χ4v) is 2.82. The third-order valence-corrected chi connectivity index (χ3v) is 4.32. The summed E-state index contributed by atoms with van der Waals surface area (Å²) in [6, 6.07) is 8.53. The molecule has 1 N–H and O–H groups in total. The van der Waals surface area contributed by atoms with Crippen LogP contribution in [0.4, 0.5) is 5.69 Å². The van der Waals surface area contributed by atoms with Crippen molar-refractivity contribution < 1.29 is 0 Å². The van der Waals surface area contributed by atoms with Crippen LogP contribution in [0.2, 0.25) is 0 Å². The summed E-state index contributed by atoms with van der Waals surface area (Å²) in [6.07, 6.45) is 4.05. The van der Waals surface area contributed by atoms with Gasteiger partial charge in [-0.3, -0.25) is 0 Å². The van der Waals surface area contributed by atoms with E-state index >= 15 is 0 Å². The maximum absolute atomic E-state index is 3.56. The van der Waals surface area contributed by atoms with Crippen LogP contribution >= 0.6 is 0 Å². The Hall–Kier alpha value is -1.02. The van der Waals surface area contributed by atoms with E-state index in [1.54, 1.807) is 0 Å². The molecule has 2 nitrogen and oxygen atoms in total. The predicted molar refractivity (Wildman–Crippen MR) is 83.7 cm³/mol. The maximum Gasteiger partial charge on any atom is 0.0370 e. The summed E-state index contributed by atoms with van der Waals surface area (Å²) in [5.74, 6) is 0. The number of hydrogen-bond donors (Lipinski definition) is 1. The fraction of sp³-hybridized carbons (Fsp3) is 0.647. The Bertz CT molecular complexity index is 398. The Morgan fingerprint density at radius 1 is 1.16 bits per heavy atom. The van der Waals surface area contributed by atoms with Crippen molar-refractivity contribution in [2.24, 2.45) is 5.41 Å². The molecule has 2 heteroatoms. The summed E-state index contributed by atoms with van der Waals surface area (Å²) in [5.41, 5.74) is 3.15. The number of hydrogen-bond acceptors (Lipinski definition) is 2. The Balaban J connectivity index is 1.75. The van der Waals surface area contributed by atoms with Gasteiger partial charge in [0.05, 0.1) is 0 Å². The molecule has 0 unspecified atom stereocenters. The summed E-state index contributed by atoms with van der Waals surface area (Å²) < 4.78 is 0. The molecule has 1 aromatic rings. The van der Waals surface area contributed by atoms with Gasteiger partial charge in [0, 0.05) is 18.8 Å². The largest absolute Gasteiger partial charge is 0.384 e. The first kappa shape index (κ1) is 14.4. The number of aryl methyl sites for hydroxylation is 1. The van der Waals surface area contributed by atoms with E-state index < -0.39 is 0 Å². The number of likely N-dealkylation sites (tertiary alicyclic amines) is 1. The molecule has 0 radical (unpaired) electrons. The second kappa shape index (κ2) is 6.42. The molecule has 1 heterocycles. The molecule has 0 aromatic heterocycles. The van der Waals surface area contributed by atoms with E-state index in [1.165, 1.54) is 43.6 Å². The van der Waals surface area contributed by atoms with E-state index in [4.69, 9.17) is 0 Å². The first-order valence-corrected chi connectivity index (χ1v) is 7.59. The number of rotatable bonds is 4. The first-order valence-electron chi connectivity index (χ1n) is 7.59. The molecule has 19 heavy (non-hydrogen) atoms. The van der Waals surface area contributed by atoms with Crippen LogP contribution in [0.15, 0.2) is 24.3 Å². The van der Waals surface area contributed by atoms with Crippen LogP contribution in [0.1, 0.15) is 38.7 Å². The van der Waals surface area contributed by atoms with Crippen molar-refractivity contribution in [2.45, 2.75) is 40.0 Å². The molecule has 1 fully saturated rings. The smallest absolute Gasteiger partial charge is 0.0370 e. The van der Waals surface area contributed by atoms with Crippen LogP contribution in [0.25, 0.3) is 0 Å². The van der Waals surface area contributed by atoms with Gasteiger partial charge >= 0.3 is 0 Å². The molecular formula is C17H28N2. The molecule has 1 saturated heterocycles. The topological polar surface area (TPSA) is 15.3 Å². The van der Waals surface area contributed by atoms with Crippen LogP contribution in [0.5, 0.6) is 0 Å². The normalized spacial score (nSPS) is 19.9. The van der Waals surface area contributed by atoms with E-state index in [1.807, 2.05) is 0 Å². The van der Waals surface area contributed by atoms with Crippen molar-refractivity contribution >= 4 is 5.69 Å². The summed E-state index contributed by atoms with van der Waals surface area (Å²) in [5, 5.41) is 3.56. The average Bonchev–Trinajstić information content (AvgIpc) is 2.53. The predicted octanol–water partition coefficient (Wildman–Crippen LogP) is 3.92. The lowest BCUT2D eigenvalue weighted by Gasteiger charge is -2.23. The van der Waals surface area contributed by atoms with E-state index in [0.29, 0.717) is 5.41 Å². The highest BCUT2D eigenvalue weighted by Crippen LogP contribution is 2.29. The molecule has 2 rings (SSSR count). The molecule has 106 valence electrons. The second-order valence-corrected chi connectivity index (χ2v) is 6.60. The average molecular weight is 260 g/mol. The van der Waals surface area contributed by atoms with Gasteiger partial charge in [-0.05, 0) is 56.3 Å². The maximum atomic E-state index is 3.56. The van der Waals surface area contributed by atoms with Gasteiger partial charge in [-0.15, -0.1) is 0 Å². The zero-order valence-corrected chi connectivity index (χ0v) is 12.7. The van der Waals surface area contributed by atoms with Gasteiger partial charge in [-0.1, -0.05) is 32.0 Å². The number of anilines is 1. The SMILES string of the molecule is Cc1ccccc1NCCN1CCCC(C)(C)CC1. The highest BCUT2D eigenvalue weighted by atomic mass is 15.1. The van der Waals surface area contributed by atoms with Crippen molar-refractivity contribution in [1.82, 2.24) is 4.90 Å². The molecule has 1 aliphatic rings. The Labute approximate surface area is 118 Å². The molecule has 0 saturated carbocycles. The lowest BCUT2D eigenvalue weighted by molar-refractivity contribution is 0.269. The zero-order valence-electron chi connectivity index (χ0n) is 12.7. The summed E-state index contributed by atoms with van der Waals surface area (Å²) in [6.45, 7) is 11.7. The molecule has 0 atom stereocenters. The van der Waals surface area contributed by atoms with E-state index in [9.17, 15) is 0 Å². The standard InChI is InChI=1S/C17H28N2/c1-15-7-4-5-8-16(15)18-11-14-19-12-6-9-17(2,3)10-13-19/h4-5,7-8,18H,6,9-14H2,1-3H3. The van der Waals surface area contributed by atoms with Gasteiger partial charge in [0.25, 0.3) is 0 Å². The van der Waals surface area contributed by atoms with Crippen LogP contribution in [-0.4, -0.2) is 31.1 Å². The van der Waals surface area contributed by atoms with Gasteiger partial charge in [0.15, 0.2) is 0 Å². The van der Waals surface area contributed by atoms with Gasteiger partial charge in [0.2, 0.25) is 0 Å². The second-order valence-electron chi connectivity index (χ2n) is 6.60. The highest BCUT2D eigenvalue weighted by Gasteiger charge is 2.22. The third kappa shape index (κ3) is 4.54. The van der Waals surface area contributed by atoms with Crippen molar-refractivity contribution in [3.8, 4) is 0 Å². The van der Waals surface area contributed by atoms with Crippen LogP contribution < -0.4 is 5.32 Å². The number of nitrogens with zero attached hydrogens (tertiary/aromatic N) is 1. The molecular weight excluding hydrogens is 232 g/mol. The first-order chi connectivity index (χ1) is 9.07. The minimum absolute atomic E-state index is 0.540. The highest BCUT2D eigenvalue weighted by molar-refractivity contribution is 5.50. The minimum atomic E-state index is 0.540. The van der Waals surface area contributed by atoms with Crippen molar-refractivity contribution in [2.75, 3.05) is 31.5 Å². The van der Waals surface area contributed by atoms with Crippen LogP contribution in [-0.2, 0) is 0 Å². The van der Waals surface area contributed by atoms with E-state index in [-0.39, 0.29) is 0 Å².